The summed E-state index contributed by atoms with van der Waals surface area (Å²) in [5, 5.41) is 5.55. The van der Waals surface area contributed by atoms with Crippen molar-refractivity contribution in [3.05, 3.63) is 94.7 Å². The number of esters is 1. The number of rotatable bonds is 16. The molecule has 8 heteroatoms. The van der Waals surface area contributed by atoms with E-state index in [4.69, 9.17) is 32.7 Å². The number of benzene rings is 2. The molecule has 0 fully saturated rings. The predicted octanol–water partition coefficient (Wildman–Crippen LogP) is 5.87. The van der Waals surface area contributed by atoms with Gasteiger partial charge in [-0.25, -0.2) is 4.79 Å². The van der Waals surface area contributed by atoms with Gasteiger partial charge in [0.15, 0.2) is 0 Å². The molecule has 0 aliphatic heterocycles. The van der Waals surface area contributed by atoms with Crippen LogP contribution < -0.4 is 20.1 Å². The maximum Gasteiger partial charge on any atom is 0.343 e. The van der Waals surface area contributed by atoms with Crippen molar-refractivity contribution in [1.29, 1.82) is 0 Å². The van der Waals surface area contributed by atoms with E-state index in [1.54, 1.807) is 54.8 Å². The highest BCUT2D eigenvalue weighted by atomic mass is 35.5. The van der Waals surface area contributed by atoms with Crippen LogP contribution in [-0.4, -0.2) is 32.1 Å². The standard InChI is InChI=1S/C29H34Cl2N2O4/c1-3-4-11-22(21-32-2)28(34)33-16-9-7-5-6-8-10-17-36-26-12-14-27(15-13-26)37-29(35)23-18-24(30)20-25(31)19-23/h3-4,11-15,18-21,32H,1,5-10,16-17H2,2H3,(H,33,34)/p+1. The quantitative estimate of drug-likeness (QED) is 0.0908. The van der Waals surface area contributed by atoms with Gasteiger partial charge in [0, 0.05) is 16.6 Å². The first kappa shape index (κ1) is 30.2. The van der Waals surface area contributed by atoms with Gasteiger partial charge in [-0.3, -0.25) is 4.79 Å². The van der Waals surface area contributed by atoms with Gasteiger partial charge in [-0.1, -0.05) is 67.6 Å². The summed E-state index contributed by atoms with van der Waals surface area (Å²) in [6, 6.07) is 11.5. The van der Waals surface area contributed by atoms with Gasteiger partial charge < -0.3 is 20.1 Å². The van der Waals surface area contributed by atoms with Crippen LogP contribution in [0.3, 0.4) is 0 Å². The summed E-state index contributed by atoms with van der Waals surface area (Å²) in [5.74, 6) is 0.538. The average Bonchev–Trinajstić information content (AvgIpc) is 2.87. The molecule has 0 aliphatic carbocycles. The number of hydrogen-bond donors (Lipinski definition) is 2. The Morgan fingerprint density at radius 2 is 1.57 bits per heavy atom. The normalized spacial score (nSPS) is 11.4. The van der Waals surface area contributed by atoms with Crippen molar-refractivity contribution in [3.8, 4) is 11.5 Å². The summed E-state index contributed by atoms with van der Waals surface area (Å²) in [4.78, 5) is 24.5. The predicted molar refractivity (Wildman–Crippen MR) is 149 cm³/mol. The minimum absolute atomic E-state index is 0.0643. The minimum Gasteiger partial charge on any atom is -0.494 e. The van der Waals surface area contributed by atoms with Crippen LogP contribution in [-0.2, 0) is 4.79 Å². The third kappa shape index (κ3) is 12.2. The number of halogens is 2. The lowest BCUT2D eigenvalue weighted by Gasteiger charge is -2.08. The Hall–Kier alpha value is -3.06. The van der Waals surface area contributed by atoms with Gasteiger partial charge in [-0.15, -0.1) is 0 Å². The van der Waals surface area contributed by atoms with E-state index in [0.717, 1.165) is 44.3 Å². The van der Waals surface area contributed by atoms with Crippen LogP contribution in [0.1, 0.15) is 48.9 Å². The van der Waals surface area contributed by atoms with Gasteiger partial charge in [0.05, 0.1) is 24.8 Å². The number of quaternary nitrogens is 1. The monoisotopic (exact) mass is 545 g/mol. The lowest BCUT2D eigenvalue weighted by Crippen LogP contribution is -2.73. The Kier molecular flexibility index (Phi) is 14.2. The summed E-state index contributed by atoms with van der Waals surface area (Å²) in [7, 11) is 1.89. The smallest absolute Gasteiger partial charge is 0.343 e. The van der Waals surface area contributed by atoms with E-state index in [-0.39, 0.29) is 11.5 Å². The fourth-order valence-corrected chi connectivity index (χ4v) is 3.95. The molecule has 0 atom stereocenters. The minimum atomic E-state index is -0.530. The molecule has 0 saturated heterocycles. The molecule has 2 rings (SSSR count). The SMILES string of the molecule is C=CC=CC(=C[NH2+]C)C(=O)NCCCCCCCCOc1ccc(OC(=O)c2cc(Cl)cc(Cl)c2)cc1. The summed E-state index contributed by atoms with van der Waals surface area (Å²) in [6.45, 7) is 4.92. The third-order valence-electron chi connectivity index (χ3n) is 5.28. The van der Waals surface area contributed by atoms with Crippen molar-refractivity contribution < 1.29 is 24.4 Å². The fraction of sp³-hybridized carbons (Fsp3) is 0.310. The van der Waals surface area contributed by atoms with E-state index in [1.165, 1.54) is 12.1 Å². The van der Waals surface area contributed by atoms with Gasteiger partial charge in [-0.05, 0) is 61.4 Å². The second kappa shape index (κ2) is 17.4. The van der Waals surface area contributed by atoms with Gasteiger partial charge in [0.25, 0.3) is 5.91 Å². The maximum absolute atomic E-state index is 12.3. The first-order valence-corrected chi connectivity index (χ1v) is 13.2. The molecular weight excluding hydrogens is 511 g/mol. The Morgan fingerprint density at radius 3 is 2.22 bits per heavy atom. The maximum atomic E-state index is 12.3. The molecule has 0 bridgehead atoms. The first-order valence-electron chi connectivity index (χ1n) is 12.4. The molecule has 1 amide bonds. The number of carbonyl (C=O) groups is 2. The van der Waals surface area contributed by atoms with E-state index in [2.05, 4.69) is 11.9 Å². The summed E-state index contributed by atoms with van der Waals surface area (Å²) < 4.78 is 11.2. The number of nitrogens with two attached hydrogens (primary N) is 1. The van der Waals surface area contributed by atoms with Crippen LogP contribution in [0.5, 0.6) is 11.5 Å². The van der Waals surface area contributed by atoms with Crippen LogP contribution in [0.25, 0.3) is 0 Å². The molecule has 3 N–H and O–H groups in total. The lowest BCUT2D eigenvalue weighted by atomic mass is 10.1. The molecule has 0 radical (unpaired) electrons. The van der Waals surface area contributed by atoms with Crippen molar-refractivity contribution >= 4 is 35.1 Å². The van der Waals surface area contributed by atoms with Crippen LogP contribution in [0, 0.1) is 0 Å². The number of nitrogens with one attached hydrogen (secondary N) is 1. The molecule has 0 aromatic heterocycles. The fourth-order valence-electron chi connectivity index (χ4n) is 3.43. The van der Waals surface area contributed by atoms with E-state index >= 15 is 0 Å². The van der Waals surface area contributed by atoms with Crippen molar-refractivity contribution in [1.82, 2.24) is 5.32 Å². The summed E-state index contributed by atoms with van der Waals surface area (Å²) in [6.07, 6.45) is 13.3. The first-order chi connectivity index (χ1) is 17.9. The highest BCUT2D eigenvalue weighted by molar-refractivity contribution is 6.35. The summed E-state index contributed by atoms with van der Waals surface area (Å²) >= 11 is 11.9. The number of amides is 1. The van der Waals surface area contributed by atoms with E-state index in [1.807, 2.05) is 12.4 Å². The number of ether oxygens (including phenoxy) is 2. The Balaban J connectivity index is 1.55. The van der Waals surface area contributed by atoms with Crippen molar-refractivity contribution in [2.75, 3.05) is 20.2 Å². The number of allylic oxidation sites excluding steroid dienone is 2. The summed E-state index contributed by atoms with van der Waals surface area (Å²) in [5.41, 5.74) is 0.914. The molecule has 6 nitrogen and oxygen atoms in total. The zero-order valence-electron chi connectivity index (χ0n) is 21.2. The highest BCUT2D eigenvalue weighted by Gasteiger charge is 2.11. The molecule has 198 valence electrons. The van der Waals surface area contributed by atoms with E-state index in [9.17, 15) is 9.59 Å². The zero-order valence-corrected chi connectivity index (χ0v) is 22.7. The molecule has 0 spiro atoms. The second-order valence-corrected chi connectivity index (χ2v) is 9.17. The van der Waals surface area contributed by atoms with Crippen molar-refractivity contribution in [3.63, 3.8) is 0 Å². The molecule has 0 unspecified atom stereocenters. The highest BCUT2D eigenvalue weighted by Crippen LogP contribution is 2.22. The lowest BCUT2D eigenvalue weighted by molar-refractivity contribution is -0.556. The third-order valence-corrected chi connectivity index (χ3v) is 5.71. The van der Waals surface area contributed by atoms with Gasteiger partial charge >= 0.3 is 5.97 Å². The topological polar surface area (TPSA) is 81.2 Å². The molecule has 2 aromatic carbocycles. The van der Waals surface area contributed by atoms with Gasteiger partial charge in [-0.2, -0.15) is 0 Å². The van der Waals surface area contributed by atoms with E-state index in [0.29, 0.717) is 34.5 Å². The Bertz CT molecular complexity index is 1060. The van der Waals surface area contributed by atoms with Gasteiger partial charge in [0.1, 0.15) is 17.7 Å². The molecule has 37 heavy (non-hydrogen) atoms. The van der Waals surface area contributed by atoms with Crippen molar-refractivity contribution in [2.24, 2.45) is 0 Å². The largest absolute Gasteiger partial charge is 0.494 e. The number of unbranched alkanes of at least 4 members (excludes halogenated alkanes) is 5. The van der Waals surface area contributed by atoms with Crippen LogP contribution in [0.15, 0.2) is 79.0 Å². The molecule has 0 aliphatic rings. The van der Waals surface area contributed by atoms with Crippen molar-refractivity contribution in [2.45, 2.75) is 38.5 Å². The number of carbonyl (C=O) groups excluding carboxylic acids is 2. The van der Waals surface area contributed by atoms with E-state index < -0.39 is 5.97 Å². The molecule has 2 aromatic rings. The molecule has 0 heterocycles. The second-order valence-electron chi connectivity index (χ2n) is 8.29. The zero-order chi connectivity index (χ0) is 26.9. The van der Waals surface area contributed by atoms with Crippen LogP contribution in [0.2, 0.25) is 10.0 Å². The van der Waals surface area contributed by atoms with Crippen LogP contribution >= 0.6 is 23.2 Å². The average molecular weight is 547 g/mol. The van der Waals surface area contributed by atoms with Gasteiger partial charge in [0.2, 0.25) is 0 Å². The van der Waals surface area contributed by atoms with Crippen LogP contribution in [0.4, 0.5) is 0 Å². The molecule has 0 saturated carbocycles. The Morgan fingerprint density at radius 1 is 0.946 bits per heavy atom. The Labute approximate surface area is 229 Å². The number of hydrogen-bond acceptors (Lipinski definition) is 4. The molecular formula is C29H35Cl2N2O4+.